The second kappa shape index (κ2) is 7.78. The van der Waals surface area contributed by atoms with E-state index in [1.165, 1.54) is 11.1 Å². The monoisotopic (exact) mass is 292 g/mol. The number of benzene rings is 2. The van der Waals surface area contributed by atoms with Gasteiger partial charge in [-0.25, -0.2) is 0 Å². The Kier molecular flexibility index (Phi) is 6.36. The molecule has 0 saturated heterocycles. The van der Waals surface area contributed by atoms with Gasteiger partial charge in [0.15, 0.2) is 0 Å². The van der Waals surface area contributed by atoms with Gasteiger partial charge < -0.3 is 10.5 Å². The second-order valence-electron chi connectivity index (χ2n) is 4.77. The number of halogens is 1. The highest BCUT2D eigenvalue weighted by atomic mass is 35.5. The minimum Gasteiger partial charge on any atom is -0.497 e. The Morgan fingerprint density at radius 2 is 1.65 bits per heavy atom. The van der Waals surface area contributed by atoms with E-state index in [9.17, 15) is 0 Å². The highest BCUT2D eigenvalue weighted by molar-refractivity contribution is 5.85. The third kappa shape index (κ3) is 4.76. The van der Waals surface area contributed by atoms with E-state index >= 15 is 0 Å². The van der Waals surface area contributed by atoms with Crippen molar-refractivity contribution in [3.63, 3.8) is 0 Å². The number of hydrogen-bond donors (Lipinski definition) is 1. The molecule has 0 fully saturated rings. The van der Waals surface area contributed by atoms with E-state index in [0.717, 1.165) is 24.5 Å². The third-order valence-corrected chi connectivity index (χ3v) is 3.02. The van der Waals surface area contributed by atoms with Gasteiger partial charge in [-0.3, -0.25) is 4.90 Å². The summed E-state index contributed by atoms with van der Waals surface area (Å²) in [7, 11) is 3.79. The Labute approximate surface area is 126 Å². The standard InChI is InChI=1S/C16H20N2O.ClH/c1-18(12-14-4-3-5-15(17)10-14)11-13-6-8-16(19-2)9-7-13;/h3-10H,11-12,17H2,1-2H3;1H. The third-order valence-electron chi connectivity index (χ3n) is 3.02. The van der Waals surface area contributed by atoms with Gasteiger partial charge in [0.25, 0.3) is 0 Å². The number of anilines is 1. The molecule has 20 heavy (non-hydrogen) atoms. The van der Waals surface area contributed by atoms with E-state index in [1.54, 1.807) is 7.11 Å². The smallest absolute Gasteiger partial charge is 0.118 e. The molecule has 0 atom stereocenters. The van der Waals surface area contributed by atoms with Crippen LogP contribution in [-0.4, -0.2) is 19.1 Å². The zero-order valence-corrected chi connectivity index (χ0v) is 12.7. The SMILES string of the molecule is COc1ccc(CN(C)Cc2cccc(N)c2)cc1.Cl. The summed E-state index contributed by atoms with van der Waals surface area (Å²) in [4.78, 5) is 2.26. The van der Waals surface area contributed by atoms with Crippen LogP contribution >= 0.6 is 12.4 Å². The Bertz CT molecular complexity index is 528. The first-order valence-electron chi connectivity index (χ1n) is 6.33. The van der Waals surface area contributed by atoms with E-state index in [2.05, 4.69) is 30.1 Å². The van der Waals surface area contributed by atoms with E-state index in [-0.39, 0.29) is 12.4 Å². The molecule has 0 aliphatic carbocycles. The van der Waals surface area contributed by atoms with Crippen LogP contribution in [0.15, 0.2) is 48.5 Å². The summed E-state index contributed by atoms with van der Waals surface area (Å²) in [6.07, 6.45) is 0. The number of methoxy groups -OCH3 is 1. The van der Waals surface area contributed by atoms with Gasteiger partial charge in [0.1, 0.15) is 5.75 Å². The molecule has 0 unspecified atom stereocenters. The molecule has 0 radical (unpaired) electrons. The van der Waals surface area contributed by atoms with Crippen molar-refractivity contribution in [2.75, 3.05) is 19.9 Å². The van der Waals surface area contributed by atoms with E-state index in [4.69, 9.17) is 10.5 Å². The van der Waals surface area contributed by atoms with Gasteiger partial charge >= 0.3 is 0 Å². The molecule has 0 aliphatic rings. The molecule has 0 spiro atoms. The summed E-state index contributed by atoms with van der Waals surface area (Å²) in [5.74, 6) is 0.891. The van der Waals surface area contributed by atoms with Crippen LogP contribution in [0, 0.1) is 0 Å². The lowest BCUT2D eigenvalue weighted by atomic mass is 10.1. The van der Waals surface area contributed by atoms with Gasteiger partial charge in [0, 0.05) is 18.8 Å². The molecule has 0 saturated carbocycles. The average molecular weight is 293 g/mol. The lowest BCUT2D eigenvalue weighted by Crippen LogP contribution is -2.17. The van der Waals surface area contributed by atoms with Crippen LogP contribution in [0.2, 0.25) is 0 Å². The fourth-order valence-electron chi connectivity index (χ4n) is 2.10. The Morgan fingerprint density at radius 3 is 2.25 bits per heavy atom. The van der Waals surface area contributed by atoms with Crippen molar-refractivity contribution in [2.45, 2.75) is 13.1 Å². The van der Waals surface area contributed by atoms with Crippen molar-refractivity contribution in [1.82, 2.24) is 4.90 Å². The maximum absolute atomic E-state index is 5.79. The normalized spacial score (nSPS) is 10.2. The highest BCUT2D eigenvalue weighted by Crippen LogP contribution is 2.14. The van der Waals surface area contributed by atoms with Crippen LogP contribution in [0.3, 0.4) is 0 Å². The quantitative estimate of drug-likeness (QED) is 0.859. The fourth-order valence-corrected chi connectivity index (χ4v) is 2.10. The summed E-state index contributed by atoms with van der Waals surface area (Å²) in [5, 5.41) is 0. The fraction of sp³-hybridized carbons (Fsp3) is 0.250. The van der Waals surface area contributed by atoms with Crippen molar-refractivity contribution in [1.29, 1.82) is 0 Å². The Balaban J connectivity index is 0.00000200. The number of nitrogens with two attached hydrogens (primary N) is 1. The minimum atomic E-state index is 0. The molecule has 0 amide bonds. The first kappa shape index (κ1) is 16.3. The molecule has 108 valence electrons. The zero-order valence-electron chi connectivity index (χ0n) is 11.9. The molecule has 2 N–H and O–H groups in total. The average Bonchev–Trinajstić information content (AvgIpc) is 2.39. The van der Waals surface area contributed by atoms with Gasteiger partial charge in [-0.1, -0.05) is 24.3 Å². The summed E-state index contributed by atoms with van der Waals surface area (Å²) in [5.41, 5.74) is 9.10. The topological polar surface area (TPSA) is 38.5 Å². The van der Waals surface area contributed by atoms with Gasteiger partial charge in [-0.05, 0) is 42.4 Å². The number of hydrogen-bond acceptors (Lipinski definition) is 3. The Morgan fingerprint density at radius 1 is 1.00 bits per heavy atom. The van der Waals surface area contributed by atoms with Gasteiger partial charge in [-0.2, -0.15) is 0 Å². The van der Waals surface area contributed by atoms with Crippen LogP contribution in [0.25, 0.3) is 0 Å². The van der Waals surface area contributed by atoms with Crippen LogP contribution in [0.5, 0.6) is 5.75 Å². The predicted octanol–water partition coefficient (Wildman–Crippen LogP) is 3.33. The molecule has 0 heterocycles. The van der Waals surface area contributed by atoms with Crippen LogP contribution < -0.4 is 10.5 Å². The Hall–Kier alpha value is -1.71. The summed E-state index contributed by atoms with van der Waals surface area (Å²) in [6.45, 7) is 1.79. The van der Waals surface area contributed by atoms with Crippen molar-refractivity contribution in [3.8, 4) is 5.75 Å². The lowest BCUT2D eigenvalue weighted by Gasteiger charge is -2.17. The van der Waals surface area contributed by atoms with Gasteiger partial charge in [0.05, 0.1) is 7.11 Å². The number of rotatable bonds is 5. The molecule has 2 aromatic rings. The molecule has 2 rings (SSSR count). The van der Waals surface area contributed by atoms with Crippen molar-refractivity contribution in [2.24, 2.45) is 0 Å². The molecular weight excluding hydrogens is 272 g/mol. The van der Waals surface area contributed by atoms with E-state index < -0.39 is 0 Å². The number of nitrogens with zero attached hydrogens (tertiary/aromatic N) is 1. The first-order valence-corrected chi connectivity index (χ1v) is 6.33. The maximum atomic E-state index is 5.79. The van der Waals surface area contributed by atoms with Crippen molar-refractivity contribution in [3.05, 3.63) is 59.7 Å². The molecule has 0 aliphatic heterocycles. The lowest BCUT2D eigenvalue weighted by molar-refractivity contribution is 0.319. The predicted molar refractivity (Wildman–Crippen MR) is 86.3 cm³/mol. The molecule has 2 aromatic carbocycles. The molecular formula is C16H21ClN2O. The van der Waals surface area contributed by atoms with Gasteiger partial charge in [0.2, 0.25) is 0 Å². The summed E-state index contributed by atoms with van der Waals surface area (Å²) in [6, 6.07) is 16.2. The summed E-state index contributed by atoms with van der Waals surface area (Å²) < 4.78 is 5.16. The first-order chi connectivity index (χ1) is 9.17. The zero-order chi connectivity index (χ0) is 13.7. The highest BCUT2D eigenvalue weighted by Gasteiger charge is 2.02. The van der Waals surface area contributed by atoms with Gasteiger partial charge in [-0.15, -0.1) is 12.4 Å². The maximum Gasteiger partial charge on any atom is 0.118 e. The van der Waals surface area contributed by atoms with E-state index in [0.29, 0.717) is 0 Å². The number of ether oxygens (including phenoxy) is 1. The largest absolute Gasteiger partial charge is 0.497 e. The van der Waals surface area contributed by atoms with Crippen LogP contribution in [-0.2, 0) is 13.1 Å². The van der Waals surface area contributed by atoms with Crippen LogP contribution in [0.1, 0.15) is 11.1 Å². The van der Waals surface area contributed by atoms with Crippen molar-refractivity contribution >= 4 is 18.1 Å². The molecule has 0 bridgehead atoms. The summed E-state index contributed by atoms with van der Waals surface area (Å²) >= 11 is 0. The number of nitrogen functional groups attached to an aromatic ring is 1. The molecule has 0 aromatic heterocycles. The van der Waals surface area contributed by atoms with Crippen molar-refractivity contribution < 1.29 is 4.74 Å². The van der Waals surface area contributed by atoms with Crippen LogP contribution in [0.4, 0.5) is 5.69 Å². The van der Waals surface area contributed by atoms with E-state index in [1.807, 2.05) is 30.3 Å². The molecule has 3 nitrogen and oxygen atoms in total. The minimum absolute atomic E-state index is 0. The molecule has 4 heteroatoms. The second-order valence-corrected chi connectivity index (χ2v) is 4.77.